The minimum absolute atomic E-state index is 0.0186. The predicted molar refractivity (Wildman–Crippen MR) is 85.4 cm³/mol. The molecule has 0 aliphatic heterocycles. The van der Waals surface area contributed by atoms with Gasteiger partial charge in [-0.2, -0.15) is 22.0 Å². The van der Waals surface area contributed by atoms with E-state index >= 15 is 0 Å². The average molecular weight is 365 g/mol. The zero-order chi connectivity index (χ0) is 18.8. The van der Waals surface area contributed by atoms with Crippen LogP contribution in [0, 0.1) is 5.92 Å². The number of benzene rings is 1. The molecule has 2 N–H and O–H groups in total. The summed E-state index contributed by atoms with van der Waals surface area (Å²) < 4.78 is 69.9. The van der Waals surface area contributed by atoms with Gasteiger partial charge in [0.2, 0.25) is 0 Å². The van der Waals surface area contributed by atoms with Crippen molar-refractivity contribution in [3.8, 4) is 0 Å². The van der Waals surface area contributed by atoms with Crippen molar-refractivity contribution in [1.82, 2.24) is 0 Å². The van der Waals surface area contributed by atoms with E-state index in [9.17, 15) is 22.0 Å². The molecular formula is C18H24F5NO. The van der Waals surface area contributed by atoms with E-state index in [-0.39, 0.29) is 24.2 Å². The molecule has 2 nitrogen and oxygen atoms in total. The molecule has 0 amide bonds. The van der Waals surface area contributed by atoms with E-state index in [2.05, 4.69) is 0 Å². The van der Waals surface area contributed by atoms with Crippen LogP contribution < -0.4 is 5.73 Å². The Morgan fingerprint density at radius 2 is 1.68 bits per heavy atom. The third kappa shape index (κ3) is 4.70. The van der Waals surface area contributed by atoms with Gasteiger partial charge in [0, 0.05) is 17.5 Å². The van der Waals surface area contributed by atoms with Crippen LogP contribution in [-0.4, -0.2) is 24.4 Å². The highest BCUT2D eigenvalue weighted by Gasteiger charge is 2.58. The first kappa shape index (κ1) is 20.1. The molecule has 1 aromatic rings. The van der Waals surface area contributed by atoms with Crippen molar-refractivity contribution in [2.45, 2.75) is 69.9 Å². The van der Waals surface area contributed by atoms with Crippen LogP contribution in [0.2, 0.25) is 0 Å². The molecule has 0 heterocycles. The van der Waals surface area contributed by atoms with Gasteiger partial charge < -0.3 is 10.5 Å². The Balaban J connectivity index is 2.14. The topological polar surface area (TPSA) is 35.2 Å². The molecule has 1 aliphatic rings. The Kier molecular flexibility index (Phi) is 6.09. The molecule has 1 aromatic carbocycles. The normalized spacial score (nSPS) is 25.4. The van der Waals surface area contributed by atoms with Crippen molar-refractivity contribution in [3.63, 3.8) is 0 Å². The average Bonchev–Trinajstić information content (AvgIpc) is 2.49. The quantitative estimate of drug-likeness (QED) is 0.761. The van der Waals surface area contributed by atoms with Gasteiger partial charge in [-0.15, -0.1) is 0 Å². The van der Waals surface area contributed by atoms with E-state index in [1.54, 1.807) is 0 Å². The Labute approximate surface area is 144 Å². The van der Waals surface area contributed by atoms with Crippen LogP contribution >= 0.6 is 0 Å². The van der Waals surface area contributed by atoms with E-state index in [0.717, 1.165) is 31.4 Å². The fourth-order valence-electron chi connectivity index (χ4n) is 3.35. The smallest absolute Gasteiger partial charge is 0.375 e. The van der Waals surface area contributed by atoms with Crippen molar-refractivity contribution >= 4 is 0 Å². The monoisotopic (exact) mass is 365 g/mol. The van der Waals surface area contributed by atoms with Gasteiger partial charge in [0.25, 0.3) is 0 Å². The summed E-state index contributed by atoms with van der Waals surface area (Å²) >= 11 is 0. The minimum atomic E-state index is -5.60. The van der Waals surface area contributed by atoms with E-state index < -0.39 is 17.7 Å². The number of halogens is 5. The second-order valence-electron chi connectivity index (χ2n) is 6.96. The molecule has 0 spiro atoms. The highest BCUT2D eigenvalue weighted by Crippen LogP contribution is 2.43. The highest BCUT2D eigenvalue weighted by molar-refractivity contribution is 5.27. The molecule has 7 heteroatoms. The lowest BCUT2D eigenvalue weighted by molar-refractivity contribution is -0.289. The van der Waals surface area contributed by atoms with Gasteiger partial charge in [-0.05, 0) is 45.1 Å². The summed E-state index contributed by atoms with van der Waals surface area (Å²) in [5, 5.41) is 0. The first-order chi connectivity index (χ1) is 11.5. The summed E-state index contributed by atoms with van der Waals surface area (Å²) in [6.45, 7) is 3.87. The molecule has 3 atom stereocenters. The summed E-state index contributed by atoms with van der Waals surface area (Å²) in [6.07, 6.45) is -2.39. The summed E-state index contributed by atoms with van der Waals surface area (Å²) in [5.74, 6) is -4.83. The zero-order valence-electron chi connectivity index (χ0n) is 14.3. The third-order valence-corrected chi connectivity index (χ3v) is 4.64. The van der Waals surface area contributed by atoms with E-state index in [1.165, 1.54) is 12.1 Å². The Morgan fingerprint density at radius 1 is 1.08 bits per heavy atom. The molecule has 0 bridgehead atoms. The molecule has 3 unspecified atom stereocenters. The van der Waals surface area contributed by atoms with Crippen molar-refractivity contribution in [1.29, 1.82) is 0 Å². The maximum absolute atomic E-state index is 13.4. The molecule has 2 rings (SSSR count). The standard InChI is InChI=1S/C18H24F5NO/c1-11(2)25-16-5-3-4-15(24)14(16)10-12-6-8-13(9-7-12)17(19,20)18(21,22)23/h6-9,11,14-16H,3-5,10,24H2,1-2H3. The first-order valence-corrected chi connectivity index (χ1v) is 8.47. The van der Waals surface area contributed by atoms with E-state index in [1.807, 2.05) is 13.8 Å². The lowest BCUT2D eigenvalue weighted by atomic mass is 9.78. The van der Waals surface area contributed by atoms with Crippen LogP contribution in [0.5, 0.6) is 0 Å². The van der Waals surface area contributed by atoms with Crippen LogP contribution in [0.15, 0.2) is 24.3 Å². The second-order valence-corrected chi connectivity index (χ2v) is 6.96. The Morgan fingerprint density at radius 3 is 2.20 bits per heavy atom. The molecule has 1 fully saturated rings. The van der Waals surface area contributed by atoms with Gasteiger partial charge in [0.1, 0.15) is 0 Å². The lowest BCUT2D eigenvalue weighted by Gasteiger charge is -2.37. The molecule has 1 aliphatic carbocycles. The van der Waals surface area contributed by atoms with Gasteiger partial charge >= 0.3 is 12.1 Å². The maximum Gasteiger partial charge on any atom is 0.458 e. The predicted octanol–water partition coefficient (Wildman–Crippen LogP) is 4.80. The third-order valence-electron chi connectivity index (χ3n) is 4.64. The van der Waals surface area contributed by atoms with E-state index in [0.29, 0.717) is 12.0 Å². The number of ether oxygens (including phenoxy) is 1. The SMILES string of the molecule is CC(C)OC1CCCC(N)C1Cc1ccc(C(F)(F)C(F)(F)F)cc1. The van der Waals surface area contributed by atoms with Gasteiger partial charge in [-0.3, -0.25) is 0 Å². The van der Waals surface area contributed by atoms with Crippen molar-refractivity contribution in [3.05, 3.63) is 35.4 Å². The van der Waals surface area contributed by atoms with Crippen LogP contribution in [0.25, 0.3) is 0 Å². The molecular weight excluding hydrogens is 341 g/mol. The number of hydrogen-bond donors (Lipinski definition) is 1. The van der Waals surface area contributed by atoms with Gasteiger partial charge in [0.05, 0.1) is 12.2 Å². The lowest BCUT2D eigenvalue weighted by Crippen LogP contribution is -2.44. The van der Waals surface area contributed by atoms with Crippen molar-refractivity contribution in [2.75, 3.05) is 0 Å². The number of alkyl halides is 5. The first-order valence-electron chi connectivity index (χ1n) is 8.47. The Bertz CT molecular complexity index is 556. The van der Waals surface area contributed by atoms with Gasteiger partial charge in [0.15, 0.2) is 0 Å². The molecule has 142 valence electrons. The number of hydrogen-bond acceptors (Lipinski definition) is 2. The fraction of sp³-hybridized carbons (Fsp3) is 0.667. The molecule has 0 saturated heterocycles. The van der Waals surface area contributed by atoms with Crippen LogP contribution in [0.4, 0.5) is 22.0 Å². The highest BCUT2D eigenvalue weighted by atomic mass is 19.4. The largest absolute Gasteiger partial charge is 0.458 e. The van der Waals surface area contributed by atoms with Crippen molar-refractivity contribution < 1.29 is 26.7 Å². The number of nitrogens with two attached hydrogens (primary N) is 1. The molecule has 25 heavy (non-hydrogen) atoms. The van der Waals surface area contributed by atoms with Crippen LogP contribution in [0.3, 0.4) is 0 Å². The van der Waals surface area contributed by atoms with Crippen molar-refractivity contribution in [2.24, 2.45) is 11.7 Å². The second kappa shape index (κ2) is 7.58. The maximum atomic E-state index is 13.4. The summed E-state index contributed by atoms with van der Waals surface area (Å²) in [4.78, 5) is 0. The molecule has 0 aromatic heterocycles. The number of rotatable bonds is 5. The van der Waals surface area contributed by atoms with E-state index in [4.69, 9.17) is 10.5 Å². The summed E-state index contributed by atoms with van der Waals surface area (Å²) in [6, 6.07) is 4.25. The summed E-state index contributed by atoms with van der Waals surface area (Å²) in [7, 11) is 0. The zero-order valence-corrected chi connectivity index (χ0v) is 14.3. The minimum Gasteiger partial charge on any atom is -0.375 e. The van der Waals surface area contributed by atoms with Crippen LogP contribution in [0.1, 0.15) is 44.2 Å². The Hall–Kier alpha value is -1.21. The molecule has 1 saturated carbocycles. The van der Waals surface area contributed by atoms with Crippen LogP contribution in [-0.2, 0) is 17.1 Å². The van der Waals surface area contributed by atoms with Gasteiger partial charge in [-0.1, -0.05) is 24.3 Å². The van der Waals surface area contributed by atoms with Gasteiger partial charge in [-0.25, -0.2) is 0 Å². The summed E-state index contributed by atoms with van der Waals surface area (Å²) in [5.41, 5.74) is 5.83. The molecule has 0 radical (unpaired) electrons. The fourth-order valence-corrected chi connectivity index (χ4v) is 3.35.